The third kappa shape index (κ3) is 3.17. The Morgan fingerprint density at radius 3 is 2.90 bits per heavy atom. The molecule has 2 aromatic rings. The number of nitrogens with zero attached hydrogens (tertiary/aromatic N) is 1. The maximum Gasteiger partial charge on any atom is 0.251 e. The Balaban J connectivity index is 2.02. The number of oxazole rings is 1. The van der Waals surface area contributed by atoms with Crippen LogP contribution in [0, 0.1) is 6.92 Å². The van der Waals surface area contributed by atoms with Crippen LogP contribution in [0.2, 0.25) is 0 Å². The van der Waals surface area contributed by atoms with Crippen molar-refractivity contribution >= 4 is 5.91 Å². The van der Waals surface area contributed by atoms with E-state index in [1.54, 1.807) is 31.4 Å². The lowest BCUT2D eigenvalue weighted by molar-refractivity contribution is 0.0947. The van der Waals surface area contributed by atoms with Crippen LogP contribution in [0.25, 0.3) is 0 Å². The Kier molecular flexibility index (Phi) is 4.40. The third-order valence-electron chi connectivity index (χ3n) is 2.98. The molecule has 0 spiro atoms. The number of aromatic nitrogens is 1. The average Bonchev–Trinajstić information content (AvgIpc) is 2.85. The van der Waals surface area contributed by atoms with Gasteiger partial charge < -0.3 is 14.5 Å². The molecule has 0 unspecified atom stereocenters. The van der Waals surface area contributed by atoms with Gasteiger partial charge in [-0.1, -0.05) is 13.0 Å². The van der Waals surface area contributed by atoms with E-state index in [0.717, 1.165) is 12.1 Å². The molecule has 0 aliphatic rings. The van der Waals surface area contributed by atoms with Gasteiger partial charge in [-0.15, -0.1) is 0 Å². The lowest BCUT2D eigenvalue weighted by Gasteiger charge is -2.05. The van der Waals surface area contributed by atoms with Gasteiger partial charge in [-0.3, -0.25) is 4.79 Å². The van der Waals surface area contributed by atoms with Crippen LogP contribution in [0.3, 0.4) is 0 Å². The summed E-state index contributed by atoms with van der Waals surface area (Å²) in [5.41, 5.74) is 1.37. The van der Waals surface area contributed by atoms with Crippen LogP contribution in [-0.4, -0.2) is 18.0 Å². The van der Waals surface area contributed by atoms with Gasteiger partial charge >= 0.3 is 0 Å². The molecule has 1 amide bonds. The highest BCUT2D eigenvalue weighted by atomic mass is 16.5. The molecule has 0 fully saturated rings. The zero-order valence-corrected chi connectivity index (χ0v) is 11.9. The van der Waals surface area contributed by atoms with E-state index >= 15 is 0 Å². The summed E-state index contributed by atoms with van der Waals surface area (Å²) in [6.07, 6.45) is 0.741. The molecule has 1 aromatic carbocycles. The van der Waals surface area contributed by atoms with E-state index in [4.69, 9.17) is 9.15 Å². The van der Waals surface area contributed by atoms with E-state index in [0.29, 0.717) is 29.5 Å². The van der Waals surface area contributed by atoms with Gasteiger partial charge in [0.1, 0.15) is 11.5 Å². The summed E-state index contributed by atoms with van der Waals surface area (Å²) in [4.78, 5) is 16.3. The Bertz CT molecular complexity index is 605. The number of carbonyl (C=O) groups is 1. The molecule has 0 aliphatic heterocycles. The summed E-state index contributed by atoms with van der Waals surface area (Å²) in [5.74, 6) is 1.87. The molecule has 20 heavy (non-hydrogen) atoms. The number of carbonyl (C=O) groups excluding carboxylic acids is 1. The lowest BCUT2D eigenvalue weighted by atomic mass is 10.2. The maximum atomic E-state index is 12.0. The van der Waals surface area contributed by atoms with Crippen LogP contribution in [0.1, 0.15) is 34.6 Å². The van der Waals surface area contributed by atoms with Crippen molar-refractivity contribution in [3.8, 4) is 5.75 Å². The zero-order chi connectivity index (χ0) is 14.5. The van der Waals surface area contributed by atoms with Crippen molar-refractivity contribution in [3.63, 3.8) is 0 Å². The highest BCUT2D eigenvalue weighted by molar-refractivity contribution is 5.94. The van der Waals surface area contributed by atoms with E-state index in [1.165, 1.54) is 0 Å². The van der Waals surface area contributed by atoms with Crippen molar-refractivity contribution in [1.82, 2.24) is 10.3 Å². The van der Waals surface area contributed by atoms with Crippen LogP contribution >= 0.6 is 0 Å². The quantitative estimate of drug-likeness (QED) is 0.909. The fraction of sp³-hybridized carbons (Fsp3) is 0.333. The van der Waals surface area contributed by atoms with Crippen molar-refractivity contribution in [3.05, 3.63) is 47.2 Å². The SMILES string of the molecule is CCc1nc(C)c(CNC(=O)c2cccc(OC)c2)o1. The molecule has 0 radical (unpaired) electrons. The first-order valence-electron chi connectivity index (χ1n) is 6.51. The summed E-state index contributed by atoms with van der Waals surface area (Å²) in [5, 5.41) is 2.82. The number of hydrogen-bond acceptors (Lipinski definition) is 4. The Morgan fingerprint density at radius 1 is 1.45 bits per heavy atom. The number of nitrogens with one attached hydrogen (secondary N) is 1. The van der Waals surface area contributed by atoms with Gasteiger partial charge in [-0.25, -0.2) is 4.98 Å². The Hall–Kier alpha value is -2.30. The normalized spacial score (nSPS) is 10.3. The highest BCUT2D eigenvalue weighted by Crippen LogP contribution is 2.13. The molecule has 106 valence electrons. The van der Waals surface area contributed by atoms with Crippen LogP contribution in [0.4, 0.5) is 0 Å². The number of methoxy groups -OCH3 is 1. The van der Waals surface area contributed by atoms with Crippen molar-refractivity contribution in [2.45, 2.75) is 26.8 Å². The summed E-state index contributed by atoms with van der Waals surface area (Å²) in [6.45, 7) is 4.18. The van der Waals surface area contributed by atoms with Gasteiger partial charge in [0.15, 0.2) is 5.89 Å². The number of benzene rings is 1. The molecule has 2 rings (SSSR count). The molecule has 0 bridgehead atoms. The van der Waals surface area contributed by atoms with Gasteiger partial charge in [-0.05, 0) is 25.1 Å². The summed E-state index contributed by atoms with van der Waals surface area (Å²) < 4.78 is 10.6. The molecule has 5 nitrogen and oxygen atoms in total. The minimum Gasteiger partial charge on any atom is -0.497 e. The topological polar surface area (TPSA) is 64.4 Å². The largest absolute Gasteiger partial charge is 0.497 e. The monoisotopic (exact) mass is 274 g/mol. The zero-order valence-electron chi connectivity index (χ0n) is 11.9. The second-order valence-corrected chi connectivity index (χ2v) is 4.38. The first-order valence-corrected chi connectivity index (χ1v) is 6.51. The highest BCUT2D eigenvalue weighted by Gasteiger charge is 2.11. The van der Waals surface area contributed by atoms with Gasteiger partial charge in [0.05, 0.1) is 19.3 Å². The average molecular weight is 274 g/mol. The van der Waals surface area contributed by atoms with Crippen molar-refractivity contribution in [2.24, 2.45) is 0 Å². The van der Waals surface area contributed by atoms with Gasteiger partial charge in [0.2, 0.25) is 0 Å². The lowest BCUT2D eigenvalue weighted by Crippen LogP contribution is -2.22. The van der Waals surface area contributed by atoms with Gasteiger partial charge in [0.25, 0.3) is 5.91 Å². The van der Waals surface area contributed by atoms with E-state index in [9.17, 15) is 4.79 Å². The predicted octanol–water partition coefficient (Wildman–Crippen LogP) is 2.48. The fourth-order valence-corrected chi connectivity index (χ4v) is 1.83. The number of aryl methyl sites for hydroxylation is 2. The first-order chi connectivity index (χ1) is 9.63. The number of ether oxygens (including phenoxy) is 1. The van der Waals surface area contributed by atoms with Crippen LogP contribution < -0.4 is 10.1 Å². The standard InChI is InChI=1S/C15H18N2O3/c1-4-14-17-10(2)13(20-14)9-16-15(18)11-6-5-7-12(8-11)19-3/h5-8H,4,9H2,1-3H3,(H,16,18). The number of hydrogen-bond donors (Lipinski definition) is 1. The van der Waals surface area contributed by atoms with Crippen LogP contribution in [-0.2, 0) is 13.0 Å². The molecule has 1 heterocycles. The van der Waals surface area contributed by atoms with Crippen molar-refractivity contribution in [2.75, 3.05) is 7.11 Å². The smallest absolute Gasteiger partial charge is 0.251 e. The predicted molar refractivity (Wildman–Crippen MR) is 74.8 cm³/mol. The maximum absolute atomic E-state index is 12.0. The molecule has 0 aliphatic carbocycles. The van der Waals surface area contributed by atoms with E-state index < -0.39 is 0 Å². The first kappa shape index (κ1) is 14.1. The minimum atomic E-state index is -0.169. The Labute approximate surface area is 118 Å². The summed E-state index contributed by atoms with van der Waals surface area (Å²) in [7, 11) is 1.57. The Morgan fingerprint density at radius 2 is 2.25 bits per heavy atom. The molecular formula is C15H18N2O3. The molecule has 0 atom stereocenters. The number of amides is 1. The molecule has 5 heteroatoms. The van der Waals surface area contributed by atoms with E-state index in [2.05, 4.69) is 10.3 Å². The summed E-state index contributed by atoms with van der Waals surface area (Å²) in [6, 6.07) is 7.01. The fourth-order valence-electron chi connectivity index (χ4n) is 1.83. The second kappa shape index (κ2) is 6.23. The summed E-state index contributed by atoms with van der Waals surface area (Å²) >= 11 is 0. The number of rotatable bonds is 5. The minimum absolute atomic E-state index is 0.169. The van der Waals surface area contributed by atoms with E-state index in [-0.39, 0.29) is 5.91 Å². The van der Waals surface area contributed by atoms with Crippen LogP contribution in [0.15, 0.2) is 28.7 Å². The molecule has 0 saturated heterocycles. The van der Waals surface area contributed by atoms with E-state index in [1.807, 2.05) is 13.8 Å². The third-order valence-corrected chi connectivity index (χ3v) is 2.98. The second-order valence-electron chi connectivity index (χ2n) is 4.38. The molecule has 0 saturated carbocycles. The van der Waals surface area contributed by atoms with Crippen molar-refractivity contribution < 1.29 is 13.9 Å². The van der Waals surface area contributed by atoms with Gasteiger partial charge in [0, 0.05) is 12.0 Å². The van der Waals surface area contributed by atoms with Gasteiger partial charge in [-0.2, -0.15) is 0 Å². The van der Waals surface area contributed by atoms with Crippen LogP contribution in [0.5, 0.6) is 5.75 Å². The molecule has 1 aromatic heterocycles. The molecule has 1 N–H and O–H groups in total. The van der Waals surface area contributed by atoms with Crippen molar-refractivity contribution in [1.29, 1.82) is 0 Å². The molecular weight excluding hydrogens is 256 g/mol.